The third-order valence-corrected chi connectivity index (χ3v) is 9.64. The first-order chi connectivity index (χ1) is 20.7. The Morgan fingerprint density at radius 1 is 0.881 bits per heavy atom. The molecule has 0 unspecified atom stereocenters. The quantitative estimate of drug-likeness (QED) is 0.200. The lowest BCUT2D eigenvalue weighted by Gasteiger charge is -2.32. The Hall–Kier alpha value is -2.75. The van der Waals surface area contributed by atoms with E-state index in [0.29, 0.717) is 24.1 Å². The van der Waals surface area contributed by atoms with Crippen molar-refractivity contribution in [3.05, 3.63) is 42.2 Å². The van der Waals surface area contributed by atoms with Crippen LogP contribution in [0, 0.1) is 5.92 Å². The Labute approximate surface area is 251 Å². The third kappa shape index (κ3) is 7.79. The fraction of sp³-hybridized carbons (Fsp3) is 0.667. The molecule has 3 fully saturated rings. The van der Waals surface area contributed by atoms with Crippen LogP contribution in [0.1, 0.15) is 101 Å². The maximum Gasteiger partial charge on any atom is 0.227 e. The summed E-state index contributed by atoms with van der Waals surface area (Å²) in [7, 11) is 0. The van der Waals surface area contributed by atoms with Gasteiger partial charge in [-0.05, 0) is 69.3 Å². The van der Waals surface area contributed by atoms with E-state index in [2.05, 4.69) is 44.6 Å². The highest BCUT2D eigenvalue weighted by Gasteiger charge is 2.25. The van der Waals surface area contributed by atoms with Crippen LogP contribution >= 0.6 is 0 Å². The molecular formula is C33H50N8O. The number of piperidine rings is 1. The summed E-state index contributed by atoms with van der Waals surface area (Å²) in [5, 5.41) is 5.99. The fourth-order valence-electron chi connectivity index (χ4n) is 7.02. The average Bonchev–Trinajstić information content (AvgIpc) is 3.70. The molecule has 0 spiro atoms. The number of imidazole rings is 1. The second kappa shape index (κ2) is 14.6. The molecule has 228 valence electrons. The van der Waals surface area contributed by atoms with Gasteiger partial charge in [-0.25, -0.2) is 9.99 Å². The number of hydrogen-bond acceptors (Lipinski definition) is 8. The molecule has 9 heteroatoms. The molecule has 3 aliphatic rings. The first-order valence-electron chi connectivity index (χ1n) is 16.6. The van der Waals surface area contributed by atoms with Crippen LogP contribution in [0.3, 0.4) is 0 Å². The van der Waals surface area contributed by atoms with Gasteiger partial charge in [-0.2, -0.15) is 9.97 Å². The zero-order valence-corrected chi connectivity index (χ0v) is 25.2. The van der Waals surface area contributed by atoms with E-state index in [-0.39, 0.29) is 0 Å². The number of nitrogens with two attached hydrogens (primary N) is 1. The van der Waals surface area contributed by atoms with Crippen LogP contribution in [0.15, 0.2) is 36.7 Å². The highest BCUT2D eigenvalue weighted by Crippen LogP contribution is 2.34. The lowest BCUT2D eigenvalue weighted by Crippen LogP contribution is -2.38. The van der Waals surface area contributed by atoms with Gasteiger partial charge >= 0.3 is 0 Å². The van der Waals surface area contributed by atoms with Gasteiger partial charge in [0.1, 0.15) is 0 Å². The van der Waals surface area contributed by atoms with Crippen molar-refractivity contribution in [2.45, 2.75) is 115 Å². The van der Waals surface area contributed by atoms with Gasteiger partial charge in [0.15, 0.2) is 17.0 Å². The molecule has 3 heterocycles. The fourth-order valence-corrected chi connectivity index (χ4v) is 7.02. The summed E-state index contributed by atoms with van der Waals surface area (Å²) in [5.41, 5.74) is 12.9. The largest absolute Gasteiger partial charge is 0.377 e. The monoisotopic (exact) mass is 574 g/mol. The van der Waals surface area contributed by atoms with Gasteiger partial charge in [-0.1, -0.05) is 62.4 Å². The summed E-state index contributed by atoms with van der Waals surface area (Å²) < 4.78 is 8.16. The van der Waals surface area contributed by atoms with Crippen molar-refractivity contribution in [3.63, 3.8) is 0 Å². The number of nitrogens with zero attached hydrogens (tertiary/aromatic N) is 5. The molecule has 1 saturated heterocycles. The summed E-state index contributed by atoms with van der Waals surface area (Å²) in [6.07, 6.45) is 18.7. The Balaban J connectivity index is 0.995. The smallest absolute Gasteiger partial charge is 0.227 e. The van der Waals surface area contributed by atoms with E-state index in [4.69, 9.17) is 25.4 Å². The minimum atomic E-state index is 0.328. The molecule has 2 aliphatic carbocycles. The minimum absolute atomic E-state index is 0.328. The predicted molar refractivity (Wildman–Crippen MR) is 169 cm³/mol. The van der Waals surface area contributed by atoms with Crippen molar-refractivity contribution >= 4 is 22.9 Å². The zero-order valence-electron chi connectivity index (χ0n) is 25.2. The van der Waals surface area contributed by atoms with Crippen molar-refractivity contribution in [3.8, 4) is 0 Å². The summed E-state index contributed by atoms with van der Waals surface area (Å²) in [4.78, 5) is 14.8. The van der Waals surface area contributed by atoms with Crippen LogP contribution < -0.4 is 16.5 Å². The first-order valence-corrected chi connectivity index (χ1v) is 16.6. The van der Waals surface area contributed by atoms with Crippen LogP contribution in [0.4, 0.5) is 11.8 Å². The number of unbranched alkanes of at least 4 members (excludes halogenated alkanes) is 2. The zero-order chi connectivity index (χ0) is 28.6. The first kappa shape index (κ1) is 29.3. The van der Waals surface area contributed by atoms with E-state index in [0.717, 1.165) is 81.3 Å². The minimum Gasteiger partial charge on any atom is -0.377 e. The van der Waals surface area contributed by atoms with Gasteiger partial charge in [0.05, 0.1) is 12.9 Å². The maximum atomic E-state index is 6.16. The van der Waals surface area contributed by atoms with E-state index in [1.165, 1.54) is 63.4 Å². The lowest BCUT2D eigenvalue weighted by atomic mass is 9.92. The molecule has 0 radical (unpaired) electrons. The van der Waals surface area contributed by atoms with E-state index in [1.807, 2.05) is 12.4 Å². The predicted octanol–water partition coefficient (Wildman–Crippen LogP) is 6.44. The standard InChI is InChI=1S/C33H50N8O/c34-27-14-16-28(17-15-27)36-33-37-31(30-32(38-33)41(24-35-30)29-12-6-7-13-29)39-40-20-18-25(19-21-40)9-5-2-8-22-42-23-26-10-3-1-4-11-26/h1,3-4,10-11,24-25,27-29H,2,5-9,12-23,34H2,(H2,36,37,38,39). The molecule has 2 aromatic heterocycles. The van der Waals surface area contributed by atoms with Crippen molar-refractivity contribution in [2.24, 2.45) is 11.7 Å². The van der Waals surface area contributed by atoms with Crippen LogP contribution in [-0.4, -0.2) is 56.3 Å². The molecule has 3 aromatic rings. The van der Waals surface area contributed by atoms with E-state index in [1.54, 1.807) is 0 Å². The number of nitrogens with one attached hydrogen (secondary N) is 2. The van der Waals surface area contributed by atoms with Gasteiger partial charge < -0.3 is 25.8 Å². The van der Waals surface area contributed by atoms with Crippen LogP contribution in [0.25, 0.3) is 11.2 Å². The second-order valence-electron chi connectivity index (χ2n) is 12.8. The van der Waals surface area contributed by atoms with E-state index < -0.39 is 0 Å². The summed E-state index contributed by atoms with van der Waals surface area (Å²) in [6.45, 7) is 3.64. The molecule has 6 rings (SSSR count). The number of benzene rings is 1. The van der Waals surface area contributed by atoms with Crippen molar-refractivity contribution in [1.82, 2.24) is 24.5 Å². The number of hydrazine groups is 1. The second-order valence-corrected chi connectivity index (χ2v) is 12.8. The summed E-state index contributed by atoms with van der Waals surface area (Å²) in [5.74, 6) is 2.35. The molecule has 42 heavy (non-hydrogen) atoms. The number of aromatic nitrogens is 4. The number of ether oxygens (including phenoxy) is 1. The highest BCUT2D eigenvalue weighted by molar-refractivity contribution is 5.84. The van der Waals surface area contributed by atoms with Gasteiger partial charge in [0.25, 0.3) is 0 Å². The summed E-state index contributed by atoms with van der Waals surface area (Å²) in [6, 6.07) is 11.6. The average molecular weight is 575 g/mol. The number of hydrogen-bond donors (Lipinski definition) is 3. The van der Waals surface area contributed by atoms with Gasteiger partial charge in [0, 0.05) is 37.8 Å². The molecule has 1 aromatic carbocycles. The number of fused-ring (bicyclic) bond motifs is 1. The SMILES string of the molecule is NC1CCC(Nc2nc(NN3CCC(CCCCCOCc4ccccc4)CC3)c3ncn(C4CCCC4)c3n2)CC1. The highest BCUT2D eigenvalue weighted by atomic mass is 16.5. The third-order valence-electron chi connectivity index (χ3n) is 9.64. The Morgan fingerprint density at radius 3 is 2.45 bits per heavy atom. The Bertz CT molecular complexity index is 1230. The van der Waals surface area contributed by atoms with Crippen molar-refractivity contribution in [1.29, 1.82) is 0 Å². The Morgan fingerprint density at radius 2 is 1.67 bits per heavy atom. The van der Waals surface area contributed by atoms with E-state index in [9.17, 15) is 0 Å². The summed E-state index contributed by atoms with van der Waals surface area (Å²) >= 11 is 0. The molecule has 4 N–H and O–H groups in total. The molecule has 9 nitrogen and oxygen atoms in total. The van der Waals surface area contributed by atoms with E-state index >= 15 is 0 Å². The number of anilines is 2. The normalized spacial score (nSPS) is 22.6. The van der Waals surface area contributed by atoms with Gasteiger partial charge in [0.2, 0.25) is 5.95 Å². The van der Waals surface area contributed by atoms with Crippen LogP contribution in [0.2, 0.25) is 0 Å². The van der Waals surface area contributed by atoms with Crippen molar-refractivity contribution < 1.29 is 4.74 Å². The molecule has 0 bridgehead atoms. The van der Waals surface area contributed by atoms with Crippen LogP contribution in [0.5, 0.6) is 0 Å². The Kier molecular flexibility index (Phi) is 10.2. The molecule has 1 aliphatic heterocycles. The molecule has 0 atom stereocenters. The van der Waals surface area contributed by atoms with Gasteiger partial charge in [-0.3, -0.25) is 0 Å². The molecular weight excluding hydrogens is 524 g/mol. The lowest BCUT2D eigenvalue weighted by molar-refractivity contribution is 0.116. The maximum absolute atomic E-state index is 6.16. The number of rotatable bonds is 13. The van der Waals surface area contributed by atoms with Crippen molar-refractivity contribution in [2.75, 3.05) is 30.4 Å². The topological polar surface area (TPSA) is 106 Å². The van der Waals surface area contributed by atoms with Crippen LogP contribution in [-0.2, 0) is 11.3 Å². The molecule has 2 saturated carbocycles. The van der Waals surface area contributed by atoms with Gasteiger partial charge in [-0.15, -0.1) is 0 Å². The molecule has 0 amide bonds.